The molecule has 0 heterocycles. The Hall–Kier alpha value is -4.19. The summed E-state index contributed by atoms with van der Waals surface area (Å²) >= 11 is 0. The fourth-order valence-electron chi connectivity index (χ4n) is 8.67. The number of ether oxygens (including phenoxy) is 3. The molecule has 0 saturated heterocycles. The highest BCUT2D eigenvalue weighted by Gasteiger charge is 2.19. The number of unbranched alkanes of at least 4 members (excludes halogenated alkanes) is 26. The molecule has 1 atom stereocenters. The second-order valence-electron chi connectivity index (χ2n) is 20.9. The molecule has 0 bridgehead atoms. The normalized spacial score (nSPS) is 12.9. The Labute approximate surface area is 475 Å². The number of rotatable bonds is 57. The summed E-state index contributed by atoms with van der Waals surface area (Å²) in [4.78, 5) is 38.2. The molecular formula is C71H118O6. The summed E-state index contributed by atoms with van der Waals surface area (Å²) in [6, 6.07) is 0. The summed E-state index contributed by atoms with van der Waals surface area (Å²) in [6.07, 6.45) is 89.2. The smallest absolute Gasteiger partial charge is 0.306 e. The molecule has 0 radical (unpaired) electrons. The monoisotopic (exact) mass is 1070 g/mol. The standard InChI is InChI=1S/C71H118O6/c1-4-7-10-13-16-19-22-24-26-28-29-30-31-32-33-34-35-36-37-38-39-40-41-43-44-46-49-52-55-58-61-64-70(73)76-67-68(66-75-69(72)63-60-57-54-51-48-21-18-15-12-9-6-3)77-71(74)65-62-59-56-53-50-47-45-42-27-25-23-20-17-14-11-8-5-2/h7,10,16,19,24-27,29-30,32-33,35-36,38-39,41,43,46,49,68H,4-6,8-9,11-15,17-18,20-23,28,31,34,37,40,42,44-45,47-48,50-67H2,1-3H3/b10-7-,19-16-,26-24-,27-25-,30-29-,33-32-,36-35-,39-38-,43-41-,49-46-. The van der Waals surface area contributed by atoms with Crippen LogP contribution in [0.4, 0.5) is 0 Å². The van der Waals surface area contributed by atoms with Gasteiger partial charge in [-0.1, -0.05) is 277 Å². The first-order valence-electron chi connectivity index (χ1n) is 32.0. The molecular weight excluding hydrogens is 949 g/mol. The lowest BCUT2D eigenvalue weighted by Gasteiger charge is -2.18. The fraction of sp³-hybridized carbons (Fsp3) is 0.676. The third kappa shape index (κ3) is 62.5. The number of carbonyl (C=O) groups excluding carboxylic acids is 3. The lowest BCUT2D eigenvalue weighted by Crippen LogP contribution is -2.30. The number of hydrogen-bond donors (Lipinski definition) is 0. The maximum Gasteiger partial charge on any atom is 0.306 e. The Balaban J connectivity index is 4.35. The first-order chi connectivity index (χ1) is 38.0. The third-order valence-corrected chi connectivity index (χ3v) is 13.5. The molecule has 0 N–H and O–H groups in total. The zero-order valence-corrected chi connectivity index (χ0v) is 50.2. The van der Waals surface area contributed by atoms with Crippen LogP contribution in [0.1, 0.15) is 290 Å². The van der Waals surface area contributed by atoms with Gasteiger partial charge in [0.1, 0.15) is 13.2 Å². The topological polar surface area (TPSA) is 78.9 Å². The first kappa shape index (κ1) is 72.8. The van der Waals surface area contributed by atoms with Gasteiger partial charge in [0, 0.05) is 19.3 Å². The minimum Gasteiger partial charge on any atom is -0.462 e. The van der Waals surface area contributed by atoms with Gasteiger partial charge in [-0.15, -0.1) is 0 Å². The van der Waals surface area contributed by atoms with Gasteiger partial charge < -0.3 is 14.2 Å². The van der Waals surface area contributed by atoms with E-state index in [1.165, 1.54) is 128 Å². The van der Waals surface area contributed by atoms with Crippen LogP contribution >= 0.6 is 0 Å². The van der Waals surface area contributed by atoms with E-state index in [-0.39, 0.29) is 31.1 Å². The molecule has 0 rings (SSSR count). The van der Waals surface area contributed by atoms with Crippen LogP contribution in [-0.2, 0) is 28.6 Å². The van der Waals surface area contributed by atoms with E-state index < -0.39 is 6.10 Å². The van der Waals surface area contributed by atoms with Crippen molar-refractivity contribution in [2.24, 2.45) is 0 Å². The van der Waals surface area contributed by atoms with Crippen molar-refractivity contribution in [1.29, 1.82) is 0 Å². The maximum atomic E-state index is 12.9. The predicted molar refractivity (Wildman–Crippen MR) is 334 cm³/mol. The summed E-state index contributed by atoms with van der Waals surface area (Å²) in [6.45, 7) is 6.49. The van der Waals surface area contributed by atoms with Crippen molar-refractivity contribution < 1.29 is 28.6 Å². The van der Waals surface area contributed by atoms with E-state index in [0.29, 0.717) is 19.3 Å². The molecule has 0 fully saturated rings. The molecule has 0 spiro atoms. The van der Waals surface area contributed by atoms with E-state index in [4.69, 9.17) is 14.2 Å². The summed E-state index contributed by atoms with van der Waals surface area (Å²) < 4.78 is 16.9. The predicted octanol–water partition coefficient (Wildman–Crippen LogP) is 22.0. The van der Waals surface area contributed by atoms with Gasteiger partial charge >= 0.3 is 17.9 Å². The summed E-state index contributed by atoms with van der Waals surface area (Å²) in [5.41, 5.74) is 0. The summed E-state index contributed by atoms with van der Waals surface area (Å²) in [7, 11) is 0. The molecule has 0 aliphatic rings. The fourth-order valence-corrected chi connectivity index (χ4v) is 8.67. The summed E-state index contributed by atoms with van der Waals surface area (Å²) in [5, 5.41) is 0. The van der Waals surface area contributed by atoms with E-state index in [1.807, 2.05) is 0 Å². The quantitative estimate of drug-likeness (QED) is 0.0261. The summed E-state index contributed by atoms with van der Waals surface area (Å²) in [5.74, 6) is -0.925. The van der Waals surface area contributed by atoms with Crippen molar-refractivity contribution in [3.8, 4) is 0 Å². The highest BCUT2D eigenvalue weighted by Crippen LogP contribution is 2.15. The number of hydrogen-bond acceptors (Lipinski definition) is 6. The molecule has 0 amide bonds. The maximum absolute atomic E-state index is 12.9. The molecule has 0 aliphatic heterocycles. The Morgan fingerprint density at radius 1 is 0.273 bits per heavy atom. The third-order valence-electron chi connectivity index (χ3n) is 13.5. The lowest BCUT2D eigenvalue weighted by atomic mass is 10.1. The van der Waals surface area contributed by atoms with Crippen molar-refractivity contribution in [2.45, 2.75) is 297 Å². The van der Waals surface area contributed by atoms with Gasteiger partial charge in [0.15, 0.2) is 6.10 Å². The minimum absolute atomic E-state index is 0.0899. The molecule has 0 saturated carbocycles. The molecule has 0 aliphatic carbocycles. The van der Waals surface area contributed by atoms with Crippen molar-refractivity contribution >= 4 is 17.9 Å². The van der Waals surface area contributed by atoms with Crippen LogP contribution in [0.3, 0.4) is 0 Å². The van der Waals surface area contributed by atoms with Crippen LogP contribution in [0.2, 0.25) is 0 Å². The second kappa shape index (κ2) is 64.3. The van der Waals surface area contributed by atoms with Crippen molar-refractivity contribution in [3.63, 3.8) is 0 Å². The van der Waals surface area contributed by atoms with E-state index in [0.717, 1.165) is 122 Å². The zero-order valence-electron chi connectivity index (χ0n) is 50.2. The van der Waals surface area contributed by atoms with Gasteiger partial charge in [-0.05, 0) is 116 Å². The van der Waals surface area contributed by atoms with Gasteiger partial charge in [0.25, 0.3) is 0 Å². The average molecular weight is 1070 g/mol. The second-order valence-corrected chi connectivity index (χ2v) is 20.9. The number of esters is 3. The average Bonchev–Trinajstić information content (AvgIpc) is 3.43. The SMILES string of the molecule is CC/C=C\C/C=C\C/C=C\C/C=C\C/C=C\C/C=C\C/C=C\C/C=C\C/C=C\CCCCCC(=O)OCC(COC(=O)CCCCCCCCCCCCC)OC(=O)CCCCCCCCC/C=C\CCCCCCCC. The molecule has 6 heteroatoms. The Morgan fingerprint density at radius 2 is 0.506 bits per heavy atom. The van der Waals surface area contributed by atoms with Gasteiger partial charge in [0.05, 0.1) is 0 Å². The Bertz CT molecular complexity index is 1600. The highest BCUT2D eigenvalue weighted by atomic mass is 16.6. The molecule has 0 aromatic rings. The molecule has 1 unspecified atom stereocenters. The van der Waals surface area contributed by atoms with E-state index in [9.17, 15) is 14.4 Å². The van der Waals surface area contributed by atoms with Crippen molar-refractivity contribution in [2.75, 3.05) is 13.2 Å². The van der Waals surface area contributed by atoms with E-state index in [2.05, 4.69) is 142 Å². The van der Waals surface area contributed by atoms with Crippen molar-refractivity contribution in [1.82, 2.24) is 0 Å². The van der Waals surface area contributed by atoms with Gasteiger partial charge in [-0.3, -0.25) is 14.4 Å². The van der Waals surface area contributed by atoms with E-state index >= 15 is 0 Å². The van der Waals surface area contributed by atoms with Crippen LogP contribution in [0.5, 0.6) is 0 Å². The zero-order chi connectivity index (χ0) is 55.7. The molecule has 438 valence electrons. The van der Waals surface area contributed by atoms with Gasteiger partial charge in [-0.25, -0.2) is 0 Å². The molecule has 0 aromatic heterocycles. The minimum atomic E-state index is -0.795. The Morgan fingerprint density at radius 3 is 0.818 bits per heavy atom. The van der Waals surface area contributed by atoms with Crippen LogP contribution in [0.25, 0.3) is 0 Å². The first-order valence-corrected chi connectivity index (χ1v) is 32.0. The Kier molecular flexibility index (Phi) is 60.8. The van der Waals surface area contributed by atoms with Crippen LogP contribution in [0.15, 0.2) is 122 Å². The largest absolute Gasteiger partial charge is 0.462 e. The number of carbonyl (C=O) groups is 3. The van der Waals surface area contributed by atoms with Gasteiger partial charge in [-0.2, -0.15) is 0 Å². The van der Waals surface area contributed by atoms with Crippen molar-refractivity contribution in [3.05, 3.63) is 122 Å². The van der Waals surface area contributed by atoms with Crippen LogP contribution in [0, 0.1) is 0 Å². The highest BCUT2D eigenvalue weighted by molar-refractivity contribution is 5.71. The van der Waals surface area contributed by atoms with Gasteiger partial charge in [0.2, 0.25) is 0 Å². The van der Waals surface area contributed by atoms with Crippen LogP contribution < -0.4 is 0 Å². The van der Waals surface area contributed by atoms with Crippen LogP contribution in [-0.4, -0.2) is 37.2 Å². The molecule has 6 nitrogen and oxygen atoms in total. The molecule has 0 aromatic carbocycles. The van der Waals surface area contributed by atoms with E-state index in [1.54, 1.807) is 0 Å². The molecule has 77 heavy (non-hydrogen) atoms. The lowest BCUT2D eigenvalue weighted by molar-refractivity contribution is -0.167. The number of allylic oxidation sites excluding steroid dienone is 20.